The summed E-state index contributed by atoms with van der Waals surface area (Å²) in [5.74, 6) is 7.43. The number of aryl methyl sites for hydroxylation is 1. The number of aromatic nitrogens is 2. The Hall–Kier alpha value is -1.01. The van der Waals surface area contributed by atoms with E-state index in [0.29, 0.717) is 16.9 Å². The highest BCUT2D eigenvalue weighted by molar-refractivity contribution is 7.99. The maximum atomic E-state index is 5.30. The number of rotatable bonds is 5. The zero-order chi connectivity index (χ0) is 11.3. The average molecular weight is 227 g/mol. The van der Waals surface area contributed by atoms with Gasteiger partial charge in [-0.1, -0.05) is 6.92 Å². The summed E-state index contributed by atoms with van der Waals surface area (Å²) in [6, 6.07) is 1.79. The van der Waals surface area contributed by atoms with Crippen LogP contribution in [0.2, 0.25) is 0 Å². The second-order valence-electron chi connectivity index (χ2n) is 3.26. The quantitative estimate of drug-likeness (QED) is 0.519. The third-order valence-electron chi connectivity index (χ3n) is 1.96. The van der Waals surface area contributed by atoms with Gasteiger partial charge in [-0.2, -0.15) is 11.8 Å². The standard InChI is InChI=1S/C9H17N5S/c1-6(15-3)5-11-8-4-9(14-10)13-7(2)12-8/h4,6H,5,10H2,1-3H3,(H2,11,12,13,14). The van der Waals surface area contributed by atoms with Gasteiger partial charge in [0.2, 0.25) is 0 Å². The Morgan fingerprint density at radius 2 is 2.13 bits per heavy atom. The molecule has 0 radical (unpaired) electrons. The highest BCUT2D eigenvalue weighted by Crippen LogP contribution is 2.11. The molecule has 0 fully saturated rings. The van der Waals surface area contributed by atoms with Gasteiger partial charge in [0.15, 0.2) is 0 Å². The summed E-state index contributed by atoms with van der Waals surface area (Å²) in [6.45, 7) is 4.87. The Kier molecular flexibility index (Phi) is 4.64. The highest BCUT2D eigenvalue weighted by atomic mass is 32.2. The Balaban J connectivity index is 2.64. The van der Waals surface area contributed by atoms with Crippen molar-refractivity contribution in [3.63, 3.8) is 0 Å². The van der Waals surface area contributed by atoms with E-state index in [9.17, 15) is 0 Å². The maximum absolute atomic E-state index is 5.30. The Morgan fingerprint density at radius 3 is 2.73 bits per heavy atom. The number of hydrogen-bond donors (Lipinski definition) is 3. The van der Waals surface area contributed by atoms with Crippen LogP contribution in [0, 0.1) is 6.92 Å². The molecule has 1 rings (SSSR count). The molecular weight excluding hydrogens is 210 g/mol. The molecule has 1 heterocycles. The Morgan fingerprint density at radius 1 is 1.47 bits per heavy atom. The predicted molar refractivity (Wildman–Crippen MR) is 66.0 cm³/mol. The highest BCUT2D eigenvalue weighted by Gasteiger charge is 2.02. The fraction of sp³-hybridized carbons (Fsp3) is 0.556. The normalized spacial score (nSPS) is 12.3. The van der Waals surface area contributed by atoms with Gasteiger partial charge in [-0.05, 0) is 13.2 Å². The fourth-order valence-corrected chi connectivity index (χ4v) is 1.31. The first kappa shape index (κ1) is 12.1. The summed E-state index contributed by atoms with van der Waals surface area (Å²) in [4.78, 5) is 8.37. The maximum Gasteiger partial charge on any atom is 0.145 e. The van der Waals surface area contributed by atoms with Crippen molar-refractivity contribution in [3.05, 3.63) is 11.9 Å². The number of nitrogen functional groups attached to an aromatic ring is 1. The molecule has 0 aromatic carbocycles. The molecule has 4 N–H and O–H groups in total. The van der Waals surface area contributed by atoms with Crippen molar-refractivity contribution < 1.29 is 0 Å². The molecule has 0 saturated heterocycles. The number of nitrogens with one attached hydrogen (secondary N) is 2. The fourth-order valence-electron chi connectivity index (χ4n) is 1.06. The Bertz CT molecular complexity index is 317. The minimum absolute atomic E-state index is 0.551. The van der Waals surface area contributed by atoms with E-state index >= 15 is 0 Å². The molecule has 0 amide bonds. The van der Waals surface area contributed by atoms with E-state index in [4.69, 9.17) is 5.84 Å². The van der Waals surface area contributed by atoms with Gasteiger partial charge >= 0.3 is 0 Å². The van der Waals surface area contributed by atoms with Gasteiger partial charge in [0.05, 0.1) is 0 Å². The molecule has 6 heteroatoms. The van der Waals surface area contributed by atoms with Crippen LogP contribution >= 0.6 is 11.8 Å². The largest absolute Gasteiger partial charge is 0.369 e. The van der Waals surface area contributed by atoms with Gasteiger partial charge in [-0.15, -0.1) is 0 Å². The van der Waals surface area contributed by atoms with Crippen molar-refractivity contribution in [1.29, 1.82) is 0 Å². The van der Waals surface area contributed by atoms with E-state index < -0.39 is 0 Å². The number of hydrogen-bond acceptors (Lipinski definition) is 6. The first-order valence-corrected chi connectivity index (χ1v) is 6.03. The molecule has 0 aliphatic carbocycles. The van der Waals surface area contributed by atoms with Crippen LogP contribution in [-0.4, -0.2) is 28.0 Å². The summed E-state index contributed by atoms with van der Waals surface area (Å²) >= 11 is 1.81. The number of hydrazine groups is 1. The van der Waals surface area contributed by atoms with Crippen LogP contribution in [0.5, 0.6) is 0 Å². The van der Waals surface area contributed by atoms with Crippen LogP contribution in [0.1, 0.15) is 12.7 Å². The summed E-state index contributed by atoms with van der Waals surface area (Å²) in [5.41, 5.74) is 2.51. The van der Waals surface area contributed by atoms with Gasteiger partial charge in [0.25, 0.3) is 0 Å². The van der Waals surface area contributed by atoms with Crippen LogP contribution in [-0.2, 0) is 0 Å². The molecule has 1 atom stereocenters. The molecule has 0 aliphatic heterocycles. The molecule has 0 saturated carbocycles. The third-order valence-corrected chi connectivity index (χ3v) is 2.93. The lowest BCUT2D eigenvalue weighted by Crippen LogP contribution is -2.15. The SMILES string of the molecule is CSC(C)CNc1cc(NN)nc(C)n1. The van der Waals surface area contributed by atoms with Crippen molar-refractivity contribution >= 4 is 23.4 Å². The van der Waals surface area contributed by atoms with Crippen LogP contribution in [0.25, 0.3) is 0 Å². The van der Waals surface area contributed by atoms with Crippen molar-refractivity contribution in [3.8, 4) is 0 Å². The van der Waals surface area contributed by atoms with E-state index in [1.807, 2.05) is 18.7 Å². The van der Waals surface area contributed by atoms with E-state index in [1.165, 1.54) is 0 Å². The number of thioether (sulfide) groups is 1. The van der Waals surface area contributed by atoms with Crippen LogP contribution in [0.3, 0.4) is 0 Å². The van der Waals surface area contributed by atoms with E-state index in [2.05, 4.69) is 33.9 Å². The molecule has 1 aromatic rings. The van der Waals surface area contributed by atoms with Gasteiger partial charge < -0.3 is 10.7 Å². The first-order valence-electron chi connectivity index (χ1n) is 4.74. The second kappa shape index (κ2) is 5.77. The van der Waals surface area contributed by atoms with Crippen LogP contribution in [0.4, 0.5) is 11.6 Å². The topological polar surface area (TPSA) is 75.9 Å². The minimum atomic E-state index is 0.551. The molecule has 84 valence electrons. The molecule has 1 aromatic heterocycles. The lowest BCUT2D eigenvalue weighted by molar-refractivity contribution is 0.970. The second-order valence-corrected chi connectivity index (χ2v) is 4.53. The average Bonchev–Trinajstić information content (AvgIpc) is 2.25. The van der Waals surface area contributed by atoms with Crippen molar-refractivity contribution in [1.82, 2.24) is 9.97 Å². The zero-order valence-electron chi connectivity index (χ0n) is 9.24. The molecule has 15 heavy (non-hydrogen) atoms. The van der Waals surface area contributed by atoms with Gasteiger partial charge in [-0.25, -0.2) is 15.8 Å². The molecular formula is C9H17N5S. The van der Waals surface area contributed by atoms with Gasteiger partial charge in [0.1, 0.15) is 17.5 Å². The van der Waals surface area contributed by atoms with E-state index in [-0.39, 0.29) is 0 Å². The number of nitrogens with two attached hydrogens (primary N) is 1. The minimum Gasteiger partial charge on any atom is -0.369 e. The Labute approximate surface area is 94.2 Å². The van der Waals surface area contributed by atoms with Gasteiger partial charge in [-0.3, -0.25) is 0 Å². The summed E-state index contributed by atoms with van der Waals surface area (Å²) < 4.78 is 0. The van der Waals surface area contributed by atoms with Crippen LogP contribution < -0.4 is 16.6 Å². The summed E-state index contributed by atoms with van der Waals surface area (Å²) in [6.07, 6.45) is 2.09. The summed E-state index contributed by atoms with van der Waals surface area (Å²) in [5, 5.41) is 3.79. The summed E-state index contributed by atoms with van der Waals surface area (Å²) in [7, 11) is 0. The van der Waals surface area contributed by atoms with E-state index in [1.54, 1.807) is 6.07 Å². The lowest BCUT2D eigenvalue weighted by Gasteiger charge is -2.11. The molecule has 1 unspecified atom stereocenters. The molecule has 5 nitrogen and oxygen atoms in total. The van der Waals surface area contributed by atoms with E-state index in [0.717, 1.165) is 12.4 Å². The third kappa shape index (κ3) is 3.93. The molecule has 0 spiro atoms. The van der Waals surface area contributed by atoms with Crippen molar-refractivity contribution in [2.45, 2.75) is 19.1 Å². The predicted octanol–water partition coefficient (Wildman–Crippen LogP) is 1.23. The number of anilines is 2. The monoisotopic (exact) mass is 227 g/mol. The number of nitrogens with zero attached hydrogens (tertiary/aromatic N) is 2. The smallest absolute Gasteiger partial charge is 0.145 e. The zero-order valence-corrected chi connectivity index (χ0v) is 10.1. The van der Waals surface area contributed by atoms with Crippen molar-refractivity contribution in [2.24, 2.45) is 5.84 Å². The van der Waals surface area contributed by atoms with Gasteiger partial charge in [0, 0.05) is 17.9 Å². The first-order chi connectivity index (χ1) is 7.15. The molecule has 0 aliphatic rings. The molecule has 0 bridgehead atoms. The lowest BCUT2D eigenvalue weighted by atomic mass is 10.4. The van der Waals surface area contributed by atoms with Crippen LogP contribution in [0.15, 0.2) is 6.07 Å². The van der Waals surface area contributed by atoms with Crippen molar-refractivity contribution in [2.75, 3.05) is 23.5 Å².